The Hall–Kier alpha value is -2.81. The van der Waals surface area contributed by atoms with Crippen LogP contribution >= 0.6 is 0 Å². The molecule has 130 valence electrons. The van der Waals surface area contributed by atoms with Gasteiger partial charge in [-0.15, -0.1) is 0 Å². The van der Waals surface area contributed by atoms with E-state index in [1.54, 1.807) is 6.26 Å². The van der Waals surface area contributed by atoms with E-state index in [1.807, 2.05) is 36.4 Å². The topological polar surface area (TPSA) is 33.5 Å². The first-order valence-corrected chi connectivity index (χ1v) is 9.12. The summed E-state index contributed by atoms with van der Waals surface area (Å²) in [6.45, 7) is 3.00. The van der Waals surface area contributed by atoms with E-state index in [-0.39, 0.29) is 16.9 Å². The highest BCUT2D eigenvalue weighted by Crippen LogP contribution is 2.57. The molecule has 0 bridgehead atoms. The van der Waals surface area contributed by atoms with Crippen molar-refractivity contribution in [3.05, 3.63) is 95.4 Å². The van der Waals surface area contributed by atoms with Gasteiger partial charge in [-0.1, -0.05) is 55.5 Å². The maximum Gasteiger partial charge on any atom is 0.255 e. The van der Waals surface area contributed by atoms with Crippen LogP contribution in [0.1, 0.15) is 40.6 Å². The highest BCUT2D eigenvalue weighted by Gasteiger charge is 2.59. The van der Waals surface area contributed by atoms with E-state index in [1.165, 1.54) is 5.56 Å². The minimum absolute atomic E-state index is 0.0309. The smallest absolute Gasteiger partial charge is 0.255 e. The molecule has 26 heavy (non-hydrogen) atoms. The summed E-state index contributed by atoms with van der Waals surface area (Å²) in [5.41, 5.74) is 2.77. The number of benzene rings is 2. The fourth-order valence-electron chi connectivity index (χ4n) is 5.03. The predicted molar refractivity (Wildman–Crippen MR) is 99.8 cm³/mol. The average Bonchev–Trinajstić information content (AvgIpc) is 3.33. The van der Waals surface area contributed by atoms with Crippen molar-refractivity contribution in [2.75, 3.05) is 6.54 Å². The first-order valence-electron chi connectivity index (χ1n) is 9.12. The number of hydrogen-bond acceptors (Lipinski definition) is 2. The van der Waals surface area contributed by atoms with Crippen LogP contribution in [0.2, 0.25) is 0 Å². The predicted octanol–water partition coefficient (Wildman–Crippen LogP) is 4.63. The zero-order valence-electron chi connectivity index (χ0n) is 14.8. The summed E-state index contributed by atoms with van der Waals surface area (Å²) in [7, 11) is 0. The summed E-state index contributed by atoms with van der Waals surface area (Å²) < 4.78 is 5.61. The Labute approximate surface area is 153 Å². The van der Waals surface area contributed by atoms with E-state index in [0.717, 1.165) is 36.3 Å². The molecule has 0 saturated carbocycles. The van der Waals surface area contributed by atoms with Gasteiger partial charge in [-0.25, -0.2) is 0 Å². The molecule has 3 nitrogen and oxygen atoms in total. The van der Waals surface area contributed by atoms with Gasteiger partial charge in [0.2, 0.25) is 0 Å². The molecular formula is C23H21NO2. The zero-order valence-corrected chi connectivity index (χ0v) is 14.8. The molecule has 2 aromatic carbocycles. The Bertz CT molecular complexity index is 963. The van der Waals surface area contributed by atoms with E-state index < -0.39 is 0 Å². The summed E-state index contributed by atoms with van der Waals surface area (Å²) in [6.07, 6.45) is 3.45. The lowest BCUT2D eigenvalue weighted by Crippen LogP contribution is -2.39. The van der Waals surface area contributed by atoms with Crippen LogP contribution in [0.15, 0.2) is 77.4 Å². The van der Waals surface area contributed by atoms with Gasteiger partial charge in [-0.05, 0) is 41.2 Å². The fourth-order valence-corrected chi connectivity index (χ4v) is 5.03. The highest BCUT2D eigenvalue weighted by atomic mass is 16.3. The number of hydrogen-bond donors (Lipinski definition) is 0. The van der Waals surface area contributed by atoms with Crippen molar-refractivity contribution in [1.82, 2.24) is 4.90 Å². The first kappa shape index (κ1) is 15.4. The lowest BCUT2D eigenvalue weighted by molar-refractivity contribution is 0.0702. The largest absolute Gasteiger partial charge is 0.469 e. The van der Waals surface area contributed by atoms with E-state index in [9.17, 15) is 4.79 Å². The maximum atomic E-state index is 13.2. The molecule has 2 aliphatic rings. The fraction of sp³-hybridized carbons (Fsp3) is 0.261. The normalized spacial score (nSPS) is 26.8. The number of rotatable bonds is 3. The number of carbonyl (C=O) groups is 1. The number of nitrogens with zero attached hydrogens (tertiary/aromatic N) is 1. The van der Waals surface area contributed by atoms with E-state index in [2.05, 4.69) is 42.2 Å². The average molecular weight is 343 g/mol. The van der Waals surface area contributed by atoms with Gasteiger partial charge >= 0.3 is 0 Å². The Morgan fingerprint density at radius 1 is 1.00 bits per heavy atom. The molecule has 0 spiro atoms. The third kappa shape index (κ3) is 2.03. The van der Waals surface area contributed by atoms with Crippen molar-refractivity contribution >= 4 is 5.91 Å². The Morgan fingerprint density at radius 2 is 1.77 bits per heavy atom. The molecule has 2 atom stereocenters. The van der Waals surface area contributed by atoms with Gasteiger partial charge < -0.3 is 9.32 Å². The summed E-state index contributed by atoms with van der Waals surface area (Å²) in [6, 6.07) is 22.5. The summed E-state index contributed by atoms with van der Waals surface area (Å²) in [4.78, 5) is 15.3. The molecule has 0 aliphatic carbocycles. The van der Waals surface area contributed by atoms with E-state index in [4.69, 9.17) is 4.42 Å². The van der Waals surface area contributed by atoms with Crippen molar-refractivity contribution in [1.29, 1.82) is 0 Å². The second kappa shape index (κ2) is 5.34. The van der Waals surface area contributed by atoms with Crippen molar-refractivity contribution in [3.8, 4) is 0 Å². The summed E-state index contributed by atoms with van der Waals surface area (Å²) >= 11 is 0. The molecule has 3 aromatic rings. The third-order valence-corrected chi connectivity index (χ3v) is 5.96. The Kier molecular flexibility index (Phi) is 3.17. The summed E-state index contributed by atoms with van der Waals surface area (Å²) in [5.74, 6) is 1.13. The molecule has 1 fully saturated rings. The van der Waals surface area contributed by atoms with Crippen LogP contribution in [0.4, 0.5) is 0 Å². The van der Waals surface area contributed by atoms with Gasteiger partial charge in [-0.2, -0.15) is 0 Å². The standard InChI is InChI=1S/C23H21NO2/c1-22(14-18-10-7-13-26-18)15-23(17-8-3-2-4-9-17)20-12-6-5-11-19(20)21(25)24(23)16-22/h2-13H,14-16H2,1H3/t22-,23-/m1/s1. The number of amides is 1. The first-order chi connectivity index (χ1) is 12.6. The molecule has 1 saturated heterocycles. The lowest BCUT2D eigenvalue weighted by Gasteiger charge is -2.34. The van der Waals surface area contributed by atoms with E-state index in [0.29, 0.717) is 0 Å². The molecule has 0 unspecified atom stereocenters. The van der Waals surface area contributed by atoms with Crippen LogP contribution in [0.5, 0.6) is 0 Å². The molecule has 2 aliphatic heterocycles. The van der Waals surface area contributed by atoms with Crippen LogP contribution in [-0.2, 0) is 12.0 Å². The van der Waals surface area contributed by atoms with Crippen LogP contribution in [-0.4, -0.2) is 17.4 Å². The number of fused-ring (bicyclic) bond motifs is 3. The lowest BCUT2D eigenvalue weighted by atomic mass is 9.73. The molecule has 5 rings (SSSR count). The minimum Gasteiger partial charge on any atom is -0.469 e. The molecule has 3 heterocycles. The van der Waals surface area contributed by atoms with Crippen LogP contribution in [0.25, 0.3) is 0 Å². The Balaban J connectivity index is 1.67. The molecule has 3 heteroatoms. The quantitative estimate of drug-likeness (QED) is 0.694. The monoisotopic (exact) mass is 343 g/mol. The molecule has 0 N–H and O–H groups in total. The summed E-state index contributed by atoms with van der Waals surface area (Å²) in [5, 5.41) is 0. The van der Waals surface area contributed by atoms with E-state index >= 15 is 0 Å². The third-order valence-electron chi connectivity index (χ3n) is 5.96. The van der Waals surface area contributed by atoms with Gasteiger partial charge in [0.05, 0.1) is 11.8 Å². The van der Waals surface area contributed by atoms with Crippen LogP contribution in [0, 0.1) is 5.41 Å². The van der Waals surface area contributed by atoms with Crippen LogP contribution in [0.3, 0.4) is 0 Å². The van der Waals surface area contributed by atoms with Gasteiger partial charge in [0, 0.05) is 18.5 Å². The molecule has 0 radical (unpaired) electrons. The SMILES string of the molecule is C[C@]1(Cc2ccco2)CN2C(=O)c3ccccc3[C@]2(c2ccccc2)C1. The van der Waals surface area contributed by atoms with Gasteiger partial charge in [0.15, 0.2) is 0 Å². The van der Waals surface area contributed by atoms with Gasteiger partial charge in [0.25, 0.3) is 5.91 Å². The van der Waals surface area contributed by atoms with Crippen molar-refractivity contribution in [2.45, 2.75) is 25.3 Å². The van der Waals surface area contributed by atoms with Crippen molar-refractivity contribution in [2.24, 2.45) is 5.41 Å². The number of furan rings is 1. The molecule has 1 aromatic heterocycles. The molecule has 1 amide bonds. The maximum absolute atomic E-state index is 13.2. The highest BCUT2D eigenvalue weighted by molar-refractivity contribution is 6.01. The van der Waals surface area contributed by atoms with Crippen molar-refractivity contribution < 1.29 is 9.21 Å². The Morgan fingerprint density at radius 3 is 2.54 bits per heavy atom. The minimum atomic E-state index is -0.379. The second-order valence-electron chi connectivity index (χ2n) is 7.91. The van der Waals surface area contributed by atoms with Crippen molar-refractivity contribution in [3.63, 3.8) is 0 Å². The number of carbonyl (C=O) groups excluding carboxylic acids is 1. The molecular weight excluding hydrogens is 322 g/mol. The second-order valence-corrected chi connectivity index (χ2v) is 7.91. The van der Waals surface area contributed by atoms with Gasteiger partial charge in [-0.3, -0.25) is 4.79 Å². The van der Waals surface area contributed by atoms with Crippen LogP contribution < -0.4 is 0 Å². The van der Waals surface area contributed by atoms with Gasteiger partial charge in [0.1, 0.15) is 5.76 Å². The zero-order chi connectivity index (χ0) is 17.8.